The Balaban J connectivity index is 2.15. The number of hydrogen-bond acceptors (Lipinski definition) is 4. The Morgan fingerprint density at radius 3 is 2.65 bits per heavy atom. The lowest BCUT2D eigenvalue weighted by atomic mass is 10.0. The number of rotatable bonds is 2. The Morgan fingerprint density at radius 2 is 2.10 bits per heavy atom. The molecule has 0 spiro atoms. The maximum absolute atomic E-state index is 11.1. The number of nitriles is 1. The van der Waals surface area contributed by atoms with Crippen molar-refractivity contribution in [3.05, 3.63) is 23.0 Å². The highest BCUT2D eigenvalue weighted by Crippen LogP contribution is 2.26. The number of carbonyl (C=O) groups is 1. The molecule has 1 aromatic rings. The Morgan fingerprint density at radius 1 is 1.45 bits per heavy atom. The fraction of sp³-hybridized carbons (Fsp3) is 0.533. The average Bonchev–Trinajstić information content (AvgIpc) is 2.38. The second kappa shape index (κ2) is 5.91. The summed E-state index contributed by atoms with van der Waals surface area (Å²) in [5.41, 5.74) is 3.35. The first-order valence-electron chi connectivity index (χ1n) is 6.91. The number of nitrogens with zero attached hydrogens (tertiary/aromatic N) is 3. The van der Waals surface area contributed by atoms with E-state index in [1.165, 1.54) is 0 Å². The van der Waals surface area contributed by atoms with Gasteiger partial charge in [-0.3, -0.25) is 9.78 Å². The third kappa shape index (κ3) is 3.08. The van der Waals surface area contributed by atoms with E-state index >= 15 is 0 Å². The van der Waals surface area contributed by atoms with Gasteiger partial charge in [0, 0.05) is 31.7 Å². The van der Waals surface area contributed by atoms with E-state index in [9.17, 15) is 10.1 Å². The maximum Gasteiger partial charge on any atom is 0.217 e. The van der Waals surface area contributed by atoms with Gasteiger partial charge in [-0.15, -0.1) is 0 Å². The van der Waals surface area contributed by atoms with Crippen LogP contribution in [0.4, 0.5) is 5.69 Å². The van der Waals surface area contributed by atoms with Crippen LogP contribution in [0.25, 0.3) is 0 Å². The normalized spacial score (nSPS) is 15.8. The first kappa shape index (κ1) is 14.3. The van der Waals surface area contributed by atoms with Crippen molar-refractivity contribution in [1.29, 1.82) is 5.26 Å². The van der Waals surface area contributed by atoms with E-state index in [2.05, 4.69) is 21.3 Å². The molecular weight excluding hydrogens is 252 g/mol. The summed E-state index contributed by atoms with van der Waals surface area (Å²) in [6.07, 6.45) is 1.82. The van der Waals surface area contributed by atoms with Crippen molar-refractivity contribution in [2.45, 2.75) is 39.7 Å². The zero-order chi connectivity index (χ0) is 14.7. The largest absolute Gasteiger partial charge is 0.370 e. The summed E-state index contributed by atoms with van der Waals surface area (Å²) in [6, 6.07) is 4.48. The standard InChI is InChI=1S/C15H20N4O/c1-10-8-15(14(9-16)11(2)17-10)19-6-4-13(5-7-19)18-12(3)20/h8,13H,4-7H2,1-3H3,(H,18,20). The van der Waals surface area contributed by atoms with E-state index in [1.807, 2.05) is 19.9 Å². The molecule has 0 aliphatic carbocycles. The van der Waals surface area contributed by atoms with Crippen LogP contribution in [0.1, 0.15) is 36.7 Å². The molecule has 1 aliphatic rings. The predicted molar refractivity (Wildman–Crippen MR) is 77.5 cm³/mol. The van der Waals surface area contributed by atoms with Crippen molar-refractivity contribution in [1.82, 2.24) is 10.3 Å². The van der Waals surface area contributed by atoms with Crippen LogP contribution in [0.5, 0.6) is 0 Å². The third-order valence-electron chi connectivity index (χ3n) is 3.66. The number of piperidine rings is 1. The first-order valence-corrected chi connectivity index (χ1v) is 6.91. The van der Waals surface area contributed by atoms with Gasteiger partial charge in [0.25, 0.3) is 0 Å². The number of aromatic nitrogens is 1. The van der Waals surface area contributed by atoms with Crippen LogP contribution in [0.3, 0.4) is 0 Å². The van der Waals surface area contributed by atoms with Crippen LogP contribution in [0.2, 0.25) is 0 Å². The molecule has 0 unspecified atom stereocenters. The fourth-order valence-electron chi connectivity index (χ4n) is 2.75. The molecule has 0 atom stereocenters. The first-order chi connectivity index (χ1) is 9.51. The zero-order valence-corrected chi connectivity index (χ0v) is 12.2. The molecule has 1 saturated heterocycles. The third-order valence-corrected chi connectivity index (χ3v) is 3.66. The van der Waals surface area contributed by atoms with Crippen LogP contribution in [0.15, 0.2) is 6.07 Å². The number of hydrogen-bond donors (Lipinski definition) is 1. The molecule has 1 aromatic heterocycles. The van der Waals surface area contributed by atoms with E-state index in [4.69, 9.17) is 0 Å². The van der Waals surface area contributed by atoms with Gasteiger partial charge in [-0.25, -0.2) is 0 Å². The summed E-state index contributed by atoms with van der Waals surface area (Å²) in [5.74, 6) is 0.0248. The Bertz CT molecular complexity index is 554. The zero-order valence-electron chi connectivity index (χ0n) is 12.2. The number of nitrogens with one attached hydrogen (secondary N) is 1. The van der Waals surface area contributed by atoms with Crippen LogP contribution in [-0.2, 0) is 4.79 Å². The average molecular weight is 272 g/mol. The molecule has 1 amide bonds. The van der Waals surface area contributed by atoms with Crippen molar-refractivity contribution in [3.63, 3.8) is 0 Å². The Kier molecular flexibility index (Phi) is 4.23. The smallest absolute Gasteiger partial charge is 0.217 e. The highest BCUT2D eigenvalue weighted by molar-refractivity contribution is 5.73. The van der Waals surface area contributed by atoms with Crippen molar-refractivity contribution >= 4 is 11.6 Å². The number of carbonyl (C=O) groups excluding carboxylic acids is 1. The Hall–Kier alpha value is -2.09. The molecule has 2 rings (SSSR count). The minimum absolute atomic E-state index is 0.0248. The lowest BCUT2D eigenvalue weighted by Gasteiger charge is -2.34. The van der Waals surface area contributed by atoms with E-state index in [0.717, 1.165) is 43.0 Å². The highest BCUT2D eigenvalue weighted by atomic mass is 16.1. The molecule has 0 bridgehead atoms. The van der Waals surface area contributed by atoms with Gasteiger partial charge in [-0.1, -0.05) is 0 Å². The summed E-state index contributed by atoms with van der Waals surface area (Å²) in [5, 5.41) is 12.3. The monoisotopic (exact) mass is 272 g/mol. The van der Waals surface area contributed by atoms with Crippen LogP contribution < -0.4 is 10.2 Å². The van der Waals surface area contributed by atoms with Gasteiger partial charge in [-0.2, -0.15) is 5.26 Å². The quantitative estimate of drug-likeness (QED) is 0.889. The van der Waals surface area contributed by atoms with Gasteiger partial charge in [0.1, 0.15) is 6.07 Å². The number of aryl methyl sites for hydroxylation is 2. The molecule has 5 nitrogen and oxygen atoms in total. The van der Waals surface area contributed by atoms with Crippen molar-refractivity contribution in [2.75, 3.05) is 18.0 Å². The second-order valence-electron chi connectivity index (χ2n) is 5.32. The van der Waals surface area contributed by atoms with Crippen molar-refractivity contribution in [2.24, 2.45) is 0 Å². The fourth-order valence-corrected chi connectivity index (χ4v) is 2.75. The van der Waals surface area contributed by atoms with Gasteiger partial charge in [-0.05, 0) is 32.8 Å². The summed E-state index contributed by atoms with van der Waals surface area (Å²) in [7, 11) is 0. The number of anilines is 1. The van der Waals surface area contributed by atoms with Crippen LogP contribution >= 0.6 is 0 Å². The van der Waals surface area contributed by atoms with Gasteiger partial charge in [0.05, 0.1) is 16.9 Å². The number of amides is 1. The summed E-state index contributed by atoms with van der Waals surface area (Å²) < 4.78 is 0. The predicted octanol–water partition coefficient (Wildman–Crippen LogP) is 1.68. The number of pyridine rings is 1. The van der Waals surface area contributed by atoms with E-state index in [0.29, 0.717) is 5.56 Å². The van der Waals surface area contributed by atoms with Crippen molar-refractivity contribution < 1.29 is 4.79 Å². The lowest BCUT2D eigenvalue weighted by molar-refractivity contribution is -0.119. The van der Waals surface area contributed by atoms with Crippen molar-refractivity contribution in [3.8, 4) is 6.07 Å². The maximum atomic E-state index is 11.1. The van der Waals surface area contributed by atoms with Crippen LogP contribution in [0, 0.1) is 25.2 Å². The SMILES string of the molecule is CC(=O)NC1CCN(c2cc(C)nc(C)c2C#N)CC1. The van der Waals surface area contributed by atoms with Gasteiger partial charge in [0.15, 0.2) is 0 Å². The van der Waals surface area contributed by atoms with Gasteiger partial charge >= 0.3 is 0 Å². The van der Waals surface area contributed by atoms with E-state index < -0.39 is 0 Å². The van der Waals surface area contributed by atoms with Gasteiger partial charge < -0.3 is 10.2 Å². The molecule has 0 radical (unpaired) electrons. The second-order valence-corrected chi connectivity index (χ2v) is 5.32. The van der Waals surface area contributed by atoms with Gasteiger partial charge in [0.2, 0.25) is 5.91 Å². The van der Waals surface area contributed by atoms with E-state index in [-0.39, 0.29) is 11.9 Å². The molecule has 5 heteroatoms. The lowest BCUT2D eigenvalue weighted by Crippen LogP contribution is -2.44. The molecule has 1 fully saturated rings. The van der Waals surface area contributed by atoms with E-state index in [1.54, 1.807) is 6.92 Å². The summed E-state index contributed by atoms with van der Waals surface area (Å²) in [4.78, 5) is 17.6. The summed E-state index contributed by atoms with van der Waals surface area (Å²) >= 11 is 0. The minimum atomic E-state index is 0.0248. The molecule has 2 heterocycles. The molecular formula is C15H20N4O. The Labute approximate surface area is 119 Å². The summed E-state index contributed by atoms with van der Waals surface area (Å²) in [6.45, 7) is 7.07. The van der Waals surface area contributed by atoms with Crippen LogP contribution in [-0.4, -0.2) is 30.0 Å². The minimum Gasteiger partial charge on any atom is -0.370 e. The molecule has 20 heavy (non-hydrogen) atoms. The molecule has 1 aliphatic heterocycles. The molecule has 1 N–H and O–H groups in total. The molecule has 0 aromatic carbocycles. The molecule has 106 valence electrons. The molecule has 0 saturated carbocycles. The topological polar surface area (TPSA) is 69.0 Å². The highest BCUT2D eigenvalue weighted by Gasteiger charge is 2.22.